The molecule has 0 atom stereocenters. The van der Waals surface area contributed by atoms with Crippen molar-refractivity contribution in [2.75, 3.05) is 26.1 Å². The molecule has 0 saturated carbocycles. The number of carbonyl (C=O) groups is 2. The highest BCUT2D eigenvalue weighted by Crippen LogP contribution is 2.28. The molecule has 2 amide bonds. The van der Waals surface area contributed by atoms with Crippen molar-refractivity contribution in [2.24, 2.45) is 0 Å². The van der Waals surface area contributed by atoms with Crippen LogP contribution in [0.25, 0.3) is 0 Å². The van der Waals surface area contributed by atoms with E-state index in [9.17, 15) is 18.4 Å². The molecule has 0 aliphatic heterocycles. The first kappa shape index (κ1) is 18.2. The van der Waals surface area contributed by atoms with Crippen LogP contribution in [0.1, 0.15) is 10.4 Å². The van der Waals surface area contributed by atoms with Gasteiger partial charge in [-0.2, -0.15) is 0 Å². The summed E-state index contributed by atoms with van der Waals surface area (Å²) in [5.74, 6) is -2.24. The first-order valence-corrected chi connectivity index (χ1v) is 7.19. The number of nitrogens with one attached hydrogen (secondary N) is 2. The van der Waals surface area contributed by atoms with Gasteiger partial charge in [-0.05, 0) is 24.3 Å². The number of benzene rings is 2. The van der Waals surface area contributed by atoms with Crippen molar-refractivity contribution >= 4 is 17.5 Å². The average molecular weight is 350 g/mol. The second kappa shape index (κ2) is 8.09. The molecule has 2 N–H and O–H groups in total. The minimum atomic E-state index is -1.00. The number of hydrogen-bond donors (Lipinski definition) is 2. The Bertz CT molecular complexity index is 796. The van der Waals surface area contributed by atoms with Gasteiger partial charge in [0.05, 0.1) is 32.0 Å². The molecule has 0 bridgehead atoms. The van der Waals surface area contributed by atoms with Crippen LogP contribution in [0.5, 0.6) is 11.5 Å². The van der Waals surface area contributed by atoms with Crippen LogP contribution in [0, 0.1) is 11.6 Å². The summed E-state index contributed by atoms with van der Waals surface area (Å²) >= 11 is 0. The maximum absolute atomic E-state index is 13.5. The maximum atomic E-state index is 13.5. The molecule has 0 heterocycles. The van der Waals surface area contributed by atoms with Gasteiger partial charge < -0.3 is 20.1 Å². The van der Waals surface area contributed by atoms with Gasteiger partial charge in [-0.25, -0.2) is 8.78 Å². The largest absolute Gasteiger partial charge is 0.497 e. The Kier molecular flexibility index (Phi) is 5.89. The number of anilines is 1. The zero-order valence-electron chi connectivity index (χ0n) is 13.6. The topological polar surface area (TPSA) is 76.7 Å². The number of methoxy groups -OCH3 is 2. The lowest BCUT2D eigenvalue weighted by molar-refractivity contribution is -0.115. The van der Waals surface area contributed by atoms with Crippen molar-refractivity contribution in [1.82, 2.24) is 5.32 Å². The lowest BCUT2D eigenvalue weighted by Crippen LogP contribution is -2.33. The van der Waals surface area contributed by atoms with Crippen molar-refractivity contribution in [3.63, 3.8) is 0 Å². The van der Waals surface area contributed by atoms with Crippen LogP contribution in [-0.2, 0) is 4.79 Å². The number of halogens is 2. The van der Waals surface area contributed by atoms with Gasteiger partial charge in [0.15, 0.2) is 0 Å². The van der Waals surface area contributed by atoms with Crippen LogP contribution in [0.4, 0.5) is 14.5 Å². The first-order chi connectivity index (χ1) is 11.9. The third-order valence-corrected chi connectivity index (χ3v) is 3.27. The van der Waals surface area contributed by atoms with Gasteiger partial charge in [0.1, 0.15) is 23.1 Å². The monoisotopic (exact) mass is 350 g/mol. The predicted molar refractivity (Wildman–Crippen MR) is 86.9 cm³/mol. The smallest absolute Gasteiger partial charge is 0.254 e. The van der Waals surface area contributed by atoms with Crippen LogP contribution in [0.3, 0.4) is 0 Å². The van der Waals surface area contributed by atoms with E-state index in [4.69, 9.17) is 9.47 Å². The summed E-state index contributed by atoms with van der Waals surface area (Å²) in [6, 6.07) is 7.35. The standard InChI is InChI=1S/C17H16F2N2O4/c1-24-11-4-6-14(15(8-11)25-2)21-16(22)9-20-17(23)12-5-3-10(18)7-13(12)19/h3-8H,9H2,1-2H3,(H,20,23)(H,21,22). The minimum absolute atomic E-state index is 0.351. The van der Waals surface area contributed by atoms with Gasteiger partial charge in [-0.15, -0.1) is 0 Å². The Morgan fingerprint density at radius 1 is 1.04 bits per heavy atom. The lowest BCUT2D eigenvalue weighted by atomic mass is 10.2. The van der Waals surface area contributed by atoms with E-state index in [0.29, 0.717) is 23.3 Å². The van der Waals surface area contributed by atoms with E-state index in [0.717, 1.165) is 12.1 Å². The number of amides is 2. The Balaban J connectivity index is 1.98. The van der Waals surface area contributed by atoms with Crippen molar-refractivity contribution in [1.29, 1.82) is 0 Å². The van der Waals surface area contributed by atoms with Gasteiger partial charge >= 0.3 is 0 Å². The van der Waals surface area contributed by atoms with Gasteiger partial charge in [-0.3, -0.25) is 9.59 Å². The van der Waals surface area contributed by atoms with Crippen LogP contribution in [0.2, 0.25) is 0 Å². The molecule has 0 radical (unpaired) electrons. The molecule has 0 aliphatic carbocycles. The molecule has 2 aromatic rings. The van der Waals surface area contributed by atoms with Crippen molar-refractivity contribution in [2.45, 2.75) is 0 Å². The van der Waals surface area contributed by atoms with Gasteiger partial charge in [0, 0.05) is 12.1 Å². The zero-order valence-corrected chi connectivity index (χ0v) is 13.6. The van der Waals surface area contributed by atoms with Crippen molar-refractivity contribution in [3.8, 4) is 11.5 Å². The van der Waals surface area contributed by atoms with E-state index in [1.54, 1.807) is 18.2 Å². The van der Waals surface area contributed by atoms with Crippen LogP contribution in [-0.4, -0.2) is 32.6 Å². The molecule has 25 heavy (non-hydrogen) atoms. The molecule has 8 heteroatoms. The molecule has 132 valence electrons. The van der Waals surface area contributed by atoms with E-state index in [1.165, 1.54) is 14.2 Å². The van der Waals surface area contributed by atoms with E-state index < -0.39 is 30.0 Å². The number of carbonyl (C=O) groups excluding carboxylic acids is 2. The lowest BCUT2D eigenvalue weighted by Gasteiger charge is -2.12. The SMILES string of the molecule is COc1ccc(NC(=O)CNC(=O)c2ccc(F)cc2F)c(OC)c1. The maximum Gasteiger partial charge on any atom is 0.254 e. The Hall–Kier alpha value is -3.16. The quantitative estimate of drug-likeness (QED) is 0.838. The first-order valence-electron chi connectivity index (χ1n) is 7.19. The highest BCUT2D eigenvalue weighted by molar-refractivity contribution is 6.00. The van der Waals surface area contributed by atoms with Crippen molar-refractivity contribution in [3.05, 3.63) is 53.6 Å². The summed E-state index contributed by atoms with van der Waals surface area (Å²) in [5, 5.41) is 4.82. The fraction of sp³-hybridized carbons (Fsp3) is 0.176. The number of hydrogen-bond acceptors (Lipinski definition) is 4. The summed E-state index contributed by atoms with van der Waals surface area (Å²) in [6.45, 7) is -0.398. The molecule has 0 unspecified atom stereocenters. The molecular formula is C17H16F2N2O4. The molecule has 0 aliphatic rings. The molecule has 0 saturated heterocycles. The number of rotatable bonds is 6. The third kappa shape index (κ3) is 4.66. The normalized spacial score (nSPS) is 10.1. The van der Waals surface area contributed by atoms with E-state index in [1.807, 2.05) is 0 Å². The molecular weight excluding hydrogens is 334 g/mol. The number of ether oxygens (including phenoxy) is 2. The summed E-state index contributed by atoms with van der Waals surface area (Å²) in [4.78, 5) is 23.8. The Labute approximate surface area is 142 Å². The fourth-order valence-corrected chi connectivity index (χ4v) is 2.03. The van der Waals surface area contributed by atoms with Crippen LogP contribution < -0.4 is 20.1 Å². The van der Waals surface area contributed by atoms with E-state index in [-0.39, 0.29) is 5.56 Å². The molecule has 0 spiro atoms. The Morgan fingerprint density at radius 2 is 1.80 bits per heavy atom. The average Bonchev–Trinajstić information content (AvgIpc) is 2.60. The minimum Gasteiger partial charge on any atom is -0.497 e. The van der Waals surface area contributed by atoms with Gasteiger partial charge in [0.2, 0.25) is 5.91 Å². The van der Waals surface area contributed by atoms with E-state index in [2.05, 4.69) is 10.6 Å². The van der Waals surface area contributed by atoms with Crippen LogP contribution in [0.15, 0.2) is 36.4 Å². The third-order valence-electron chi connectivity index (χ3n) is 3.27. The zero-order chi connectivity index (χ0) is 18.4. The fourth-order valence-electron chi connectivity index (χ4n) is 2.03. The highest BCUT2D eigenvalue weighted by atomic mass is 19.1. The highest BCUT2D eigenvalue weighted by Gasteiger charge is 2.14. The van der Waals surface area contributed by atoms with Gasteiger partial charge in [0.25, 0.3) is 5.91 Å². The summed E-state index contributed by atoms with van der Waals surface area (Å²) in [6.07, 6.45) is 0. The van der Waals surface area contributed by atoms with Gasteiger partial charge in [-0.1, -0.05) is 0 Å². The summed E-state index contributed by atoms with van der Waals surface area (Å²) < 4.78 is 36.5. The summed E-state index contributed by atoms with van der Waals surface area (Å²) in [5.41, 5.74) is 0.0340. The molecule has 0 fully saturated rings. The molecule has 6 nitrogen and oxygen atoms in total. The summed E-state index contributed by atoms with van der Waals surface area (Å²) in [7, 11) is 2.93. The van der Waals surface area contributed by atoms with E-state index >= 15 is 0 Å². The van der Waals surface area contributed by atoms with Crippen LogP contribution >= 0.6 is 0 Å². The van der Waals surface area contributed by atoms with Crippen molar-refractivity contribution < 1.29 is 27.8 Å². The second-order valence-corrected chi connectivity index (χ2v) is 4.92. The molecule has 2 rings (SSSR count). The molecule has 0 aromatic heterocycles. The molecule has 2 aromatic carbocycles. The predicted octanol–water partition coefficient (Wildman–Crippen LogP) is 2.35. The second-order valence-electron chi connectivity index (χ2n) is 4.92. The Morgan fingerprint density at radius 3 is 2.44 bits per heavy atom.